The lowest BCUT2D eigenvalue weighted by atomic mass is 10.1. The number of halogens is 1. The fourth-order valence-corrected chi connectivity index (χ4v) is 2.33. The van der Waals surface area contributed by atoms with Crippen molar-refractivity contribution in [3.8, 4) is 0 Å². The quantitative estimate of drug-likeness (QED) is 0.663. The van der Waals surface area contributed by atoms with Crippen LogP contribution in [0, 0.1) is 25.1 Å². The van der Waals surface area contributed by atoms with Crippen LogP contribution in [-0.4, -0.2) is 12.9 Å². The predicted octanol–water partition coefficient (Wildman–Crippen LogP) is 3.49. The van der Waals surface area contributed by atoms with Gasteiger partial charge in [-0.05, 0) is 43.7 Å². The van der Waals surface area contributed by atoms with Crippen LogP contribution in [0.25, 0.3) is 0 Å². The fourth-order valence-electron chi connectivity index (χ4n) is 2.33. The van der Waals surface area contributed by atoms with Crippen LogP contribution in [0.5, 0.6) is 0 Å². The summed E-state index contributed by atoms with van der Waals surface area (Å²) < 4.78 is 13.3. The number of anilines is 2. The molecule has 2 aromatic carbocycles. The van der Waals surface area contributed by atoms with Gasteiger partial charge in [0.1, 0.15) is 11.7 Å². The number of aryl methyl sites for hydroxylation is 2. The molecule has 2 aromatic rings. The summed E-state index contributed by atoms with van der Waals surface area (Å²) in [6.45, 7) is 4.06. The van der Waals surface area contributed by atoms with Gasteiger partial charge in [0.15, 0.2) is 0 Å². The van der Waals surface area contributed by atoms with Crippen molar-refractivity contribution in [1.29, 1.82) is 5.41 Å². The molecule has 0 saturated carbocycles. The number of nitrogens with zero attached hydrogens (tertiary/aromatic N) is 1. The normalized spacial score (nSPS) is 10.4. The first-order valence-corrected chi connectivity index (χ1v) is 6.35. The van der Waals surface area contributed by atoms with Crippen LogP contribution in [-0.2, 0) is 0 Å². The van der Waals surface area contributed by atoms with Crippen molar-refractivity contribution < 1.29 is 4.39 Å². The average Bonchev–Trinajstić information content (AvgIpc) is 2.37. The van der Waals surface area contributed by atoms with E-state index in [-0.39, 0.29) is 5.84 Å². The van der Waals surface area contributed by atoms with Gasteiger partial charge in [-0.1, -0.05) is 17.7 Å². The summed E-state index contributed by atoms with van der Waals surface area (Å²) in [6, 6.07) is 10.4. The van der Waals surface area contributed by atoms with Crippen molar-refractivity contribution in [2.24, 2.45) is 5.73 Å². The monoisotopic (exact) mass is 271 g/mol. The number of benzene rings is 2. The van der Waals surface area contributed by atoms with Crippen LogP contribution in [0.15, 0.2) is 36.4 Å². The van der Waals surface area contributed by atoms with E-state index in [0.717, 1.165) is 11.3 Å². The molecule has 0 spiro atoms. The molecule has 4 heteroatoms. The van der Waals surface area contributed by atoms with E-state index in [1.807, 2.05) is 37.9 Å². The Bertz CT molecular complexity index is 665. The number of amidine groups is 1. The molecule has 0 aliphatic heterocycles. The Morgan fingerprint density at radius 3 is 2.35 bits per heavy atom. The number of nitrogens with two attached hydrogens (primary N) is 1. The second-order valence-corrected chi connectivity index (χ2v) is 4.92. The molecule has 0 fully saturated rings. The third-order valence-electron chi connectivity index (χ3n) is 3.32. The summed E-state index contributed by atoms with van der Waals surface area (Å²) in [6.07, 6.45) is 0. The minimum atomic E-state index is -0.395. The lowest BCUT2D eigenvalue weighted by molar-refractivity contribution is 0.627. The van der Waals surface area contributed by atoms with Gasteiger partial charge in [0, 0.05) is 18.3 Å². The molecule has 0 radical (unpaired) electrons. The highest BCUT2D eigenvalue weighted by molar-refractivity contribution is 6.01. The van der Waals surface area contributed by atoms with Gasteiger partial charge < -0.3 is 10.6 Å². The first-order chi connectivity index (χ1) is 9.40. The Kier molecular flexibility index (Phi) is 3.74. The van der Waals surface area contributed by atoms with Gasteiger partial charge in [0.2, 0.25) is 0 Å². The molecule has 0 aliphatic carbocycles. The standard InChI is InChI=1S/C16H18FN3/c1-10-4-6-14(11(2)8-10)20(3)15-7-5-12(17)9-13(15)16(18)19/h4-9H,1-3H3,(H3,18,19). The van der Waals surface area contributed by atoms with Crippen molar-refractivity contribution in [3.05, 3.63) is 58.9 Å². The smallest absolute Gasteiger partial charge is 0.125 e. The molecule has 0 unspecified atom stereocenters. The summed E-state index contributed by atoms with van der Waals surface area (Å²) in [5.74, 6) is -0.538. The Balaban J connectivity index is 2.53. The summed E-state index contributed by atoms with van der Waals surface area (Å²) >= 11 is 0. The van der Waals surface area contributed by atoms with Crippen LogP contribution in [0.3, 0.4) is 0 Å². The maximum absolute atomic E-state index is 13.3. The molecule has 0 saturated heterocycles. The molecule has 0 aromatic heterocycles. The third kappa shape index (κ3) is 2.64. The summed E-state index contributed by atoms with van der Waals surface area (Å²) in [4.78, 5) is 1.92. The molecular weight excluding hydrogens is 253 g/mol. The summed E-state index contributed by atoms with van der Waals surface area (Å²) in [5.41, 5.74) is 9.97. The van der Waals surface area contributed by atoms with Crippen molar-refractivity contribution in [1.82, 2.24) is 0 Å². The highest BCUT2D eigenvalue weighted by Crippen LogP contribution is 2.30. The van der Waals surface area contributed by atoms with Gasteiger partial charge in [0.25, 0.3) is 0 Å². The summed E-state index contributed by atoms with van der Waals surface area (Å²) in [5, 5.41) is 7.60. The van der Waals surface area contributed by atoms with Crippen LogP contribution < -0.4 is 10.6 Å². The Labute approximate surface area is 118 Å². The third-order valence-corrected chi connectivity index (χ3v) is 3.32. The number of nitrogens with one attached hydrogen (secondary N) is 1. The van der Waals surface area contributed by atoms with E-state index in [0.29, 0.717) is 11.3 Å². The van der Waals surface area contributed by atoms with E-state index in [1.165, 1.54) is 17.7 Å². The second-order valence-electron chi connectivity index (χ2n) is 4.92. The lowest BCUT2D eigenvalue weighted by Crippen LogP contribution is -2.19. The highest BCUT2D eigenvalue weighted by Gasteiger charge is 2.14. The van der Waals surface area contributed by atoms with Gasteiger partial charge in [0.05, 0.1) is 5.69 Å². The molecular formula is C16H18FN3. The molecule has 2 rings (SSSR count). The van der Waals surface area contributed by atoms with Crippen LogP contribution in [0.4, 0.5) is 15.8 Å². The van der Waals surface area contributed by atoms with Gasteiger partial charge in [-0.25, -0.2) is 4.39 Å². The lowest BCUT2D eigenvalue weighted by Gasteiger charge is -2.24. The molecule has 0 atom stereocenters. The average molecular weight is 271 g/mol. The molecule has 0 amide bonds. The van der Waals surface area contributed by atoms with Gasteiger partial charge in [-0.2, -0.15) is 0 Å². The zero-order valence-electron chi connectivity index (χ0n) is 11.9. The molecule has 20 heavy (non-hydrogen) atoms. The van der Waals surface area contributed by atoms with Gasteiger partial charge in [-0.3, -0.25) is 5.41 Å². The SMILES string of the molecule is Cc1ccc(N(C)c2ccc(F)cc2C(=N)N)c(C)c1. The van der Waals surface area contributed by atoms with E-state index >= 15 is 0 Å². The van der Waals surface area contributed by atoms with Crippen LogP contribution in [0.1, 0.15) is 16.7 Å². The zero-order valence-corrected chi connectivity index (χ0v) is 11.9. The minimum absolute atomic E-state index is 0.142. The van der Waals surface area contributed by atoms with E-state index in [4.69, 9.17) is 11.1 Å². The second kappa shape index (κ2) is 5.33. The van der Waals surface area contributed by atoms with Crippen molar-refractivity contribution in [2.45, 2.75) is 13.8 Å². The van der Waals surface area contributed by atoms with Crippen LogP contribution >= 0.6 is 0 Å². The van der Waals surface area contributed by atoms with Gasteiger partial charge in [-0.15, -0.1) is 0 Å². The first kappa shape index (κ1) is 14.1. The molecule has 0 aliphatic rings. The predicted molar refractivity (Wildman–Crippen MR) is 81.4 cm³/mol. The van der Waals surface area contributed by atoms with Crippen molar-refractivity contribution in [3.63, 3.8) is 0 Å². The highest BCUT2D eigenvalue weighted by atomic mass is 19.1. The van der Waals surface area contributed by atoms with E-state index in [9.17, 15) is 4.39 Å². The Morgan fingerprint density at radius 1 is 1.10 bits per heavy atom. The molecule has 0 bridgehead atoms. The largest absolute Gasteiger partial charge is 0.384 e. The fraction of sp³-hybridized carbons (Fsp3) is 0.188. The minimum Gasteiger partial charge on any atom is -0.384 e. The number of hydrogen-bond donors (Lipinski definition) is 2. The van der Waals surface area contributed by atoms with Gasteiger partial charge >= 0.3 is 0 Å². The Morgan fingerprint density at radius 2 is 1.75 bits per heavy atom. The van der Waals surface area contributed by atoms with E-state index < -0.39 is 5.82 Å². The maximum atomic E-state index is 13.3. The summed E-state index contributed by atoms with van der Waals surface area (Å²) in [7, 11) is 1.89. The number of rotatable bonds is 3. The van der Waals surface area contributed by atoms with Crippen molar-refractivity contribution >= 4 is 17.2 Å². The number of hydrogen-bond acceptors (Lipinski definition) is 2. The maximum Gasteiger partial charge on any atom is 0.125 e. The topological polar surface area (TPSA) is 53.1 Å². The molecule has 104 valence electrons. The molecule has 0 heterocycles. The molecule has 3 nitrogen and oxygen atoms in total. The van der Waals surface area contributed by atoms with Crippen LogP contribution in [0.2, 0.25) is 0 Å². The Hall–Kier alpha value is -2.36. The van der Waals surface area contributed by atoms with Crippen molar-refractivity contribution in [2.75, 3.05) is 11.9 Å². The molecule has 3 N–H and O–H groups in total. The van der Waals surface area contributed by atoms with E-state index in [1.54, 1.807) is 6.07 Å². The zero-order chi connectivity index (χ0) is 14.9. The first-order valence-electron chi connectivity index (χ1n) is 6.35. The number of nitrogen functional groups attached to an aromatic ring is 1. The van der Waals surface area contributed by atoms with E-state index in [2.05, 4.69) is 6.07 Å².